The van der Waals surface area contributed by atoms with Crippen molar-refractivity contribution < 1.29 is 9.90 Å². The van der Waals surface area contributed by atoms with Crippen molar-refractivity contribution in [1.82, 2.24) is 4.90 Å². The summed E-state index contributed by atoms with van der Waals surface area (Å²) in [4.78, 5) is 15.3. The van der Waals surface area contributed by atoms with Crippen LogP contribution in [0.2, 0.25) is 5.02 Å². The molecule has 0 aromatic heterocycles. The van der Waals surface area contributed by atoms with Crippen LogP contribution in [0.3, 0.4) is 0 Å². The van der Waals surface area contributed by atoms with Crippen molar-refractivity contribution in [2.45, 2.75) is 43.9 Å². The summed E-state index contributed by atoms with van der Waals surface area (Å²) < 4.78 is 0. The molecule has 4 heteroatoms. The van der Waals surface area contributed by atoms with Gasteiger partial charge in [0.1, 0.15) is 0 Å². The van der Waals surface area contributed by atoms with E-state index in [0.717, 1.165) is 44.2 Å². The summed E-state index contributed by atoms with van der Waals surface area (Å²) in [6.45, 7) is 1.65. The number of aliphatic hydroxyl groups is 1. The Hall–Kier alpha value is -1.06. The number of aliphatic hydroxyl groups excluding tert-OH is 1. The van der Waals surface area contributed by atoms with Gasteiger partial charge in [0.25, 0.3) is 0 Å². The maximum atomic E-state index is 13.3. The highest BCUT2D eigenvalue weighted by atomic mass is 35.5. The summed E-state index contributed by atoms with van der Waals surface area (Å²) in [5.74, 6) is 0.500. The van der Waals surface area contributed by atoms with E-state index in [1.165, 1.54) is 6.42 Å². The molecule has 0 bridgehead atoms. The molecule has 1 N–H and O–H groups in total. The lowest BCUT2D eigenvalue weighted by Gasteiger charge is -2.39. The number of likely N-dealkylation sites (tertiary alicyclic amines) is 1. The zero-order valence-corrected chi connectivity index (χ0v) is 13.7. The van der Waals surface area contributed by atoms with E-state index in [1.807, 2.05) is 29.2 Å². The molecule has 3 nitrogen and oxygen atoms in total. The first-order valence-corrected chi connectivity index (χ1v) is 8.70. The molecule has 22 heavy (non-hydrogen) atoms. The van der Waals surface area contributed by atoms with Crippen molar-refractivity contribution in [2.24, 2.45) is 5.92 Å². The van der Waals surface area contributed by atoms with Gasteiger partial charge in [-0.2, -0.15) is 0 Å². The van der Waals surface area contributed by atoms with Gasteiger partial charge in [0.05, 0.1) is 5.41 Å². The van der Waals surface area contributed by atoms with Crippen LogP contribution in [0.25, 0.3) is 0 Å². The van der Waals surface area contributed by atoms with Crippen molar-refractivity contribution in [2.75, 3.05) is 19.7 Å². The number of hydrogen-bond donors (Lipinski definition) is 1. The summed E-state index contributed by atoms with van der Waals surface area (Å²) in [6, 6.07) is 7.82. The fourth-order valence-corrected chi connectivity index (χ4v) is 4.15. The molecule has 120 valence electrons. The molecule has 1 aliphatic heterocycles. The van der Waals surface area contributed by atoms with Crippen molar-refractivity contribution in [3.63, 3.8) is 0 Å². The van der Waals surface area contributed by atoms with E-state index in [1.54, 1.807) is 0 Å². The van der Waals surface area contributed by atoms with Crippen molar-refractivity contribution in [3.8, 4) is 0 Å². The van der Waals surface area contributed by atoms with Gasteiger partial charge in [-0.3, -0.25) is 4.79 Å². The minimum absolute atomic E-state index is 0.178. The summed E-state index contributed by atoms with van der Waals surface area (Å²) in [5.41, 5.74) is 0.724. The molecule has 1 aliphatic carbocycles. The van der Waals surface area contributed by atoms with Gasteiger partial charge in [-0.05, 0) is 37.0 Å². The highest BCUT2D eigenvalue weighted by Crippen LogP contribution is 2.42. The van der Waals surface area contributed by atoms with E-state index in [2.05, 4.69) is 0 Å². The number of rotatable bonds is 3. The van der Waals surface area contributed by atoms with Crippen LogP contribution in [0.15, 0.2) is 24.3 Å². The first-order valence-electron chi connectivity index (χ1n) is 8.32. The summed E-state index contributed by atoms with van der Waals surface area (Å²) in [5, 5.41) is 10.0. The molecule has 1 heterocycles. The Bertz CT molecular complexity index is 522. The second kappa shape index (κ2) is 6.59. The minimum atomic E-state index is -0.382. The molecule has 1 atom stereocenters. The predicted octanol–water partition coefficient (Wildman–Crippen LogP) is 3.38. The van der Waals surface area contributed by atoms with E-state index >= 15 is 0 Å². The van der Waals surface area contributed by atoms with Crippen LogP contribution < -0.4 is 0 Å². The average Bonchev–Trinajstić information content (AvgIpc) is 3.04. The molecule has 2 aliphatic rings. The highest BCUT2D eigenvalue weighted by molar-refractivity contribution is 6.30. The Kier molecular flexibility index (Phi) is 4.74. The standard InChI is InChI=1S/C18H24ClNO2/c19-16-6-4-15(5-7-16)18(9-2-1-3-10-18)17(22)20-11-8-14(12-20)13-21/h4-7,14,21H,1-3,8-13H2. The topological polar surface area (TPSA) is 40.5 Å². The molecule has 2 fully saturated rings. The smallest absolute Gasteiger partial charge is 0.233 e. The molecule has 1 amide bonds. The quantitative estimate of drug-likeness (QED) is 0.927. The Balaban J connectivity index is 1.89. The SMILES string of the molecule is O=C(N1CCC(CO)C1)C1(c2ccc(Cl)cc2)CCCCC1. The Morgan fingerprint density at radius 1 is 1.23 bits per heavy atom. The van der Waals surface area contributed by atoms with Crippen LogP contribution in [0.4, 0.5) is 0 Å². The lowest BCUT2D eigenvalue weighted by Crippen LogP contribution is -2.47. The lowest BCUT2D eigenvalue weighted by molar-refractivity contribution is -0.138. The number of benzene rings is 1. The van der Waals surface area contributed by atoms with E-state index in [0.29, 0.717) is 11.6 Å². The van der Waals surface area contributed by atoms with Gasteiger partial charge < -0.3 is 10.0 Å². The number of amides is 1. The van der Waals surface area contributed by atoms with Gasteiger partial charge in [0.15, 0.2) is 0 Å². The summed E-state index contributed by atoms with van der Waals surface area (Å²) >= 11 is 6.02. The molecular weight excluding hydrogens is 298 g/mol. The number of carbonyl (C=O) groups is 1. The molecule has 1 saturated heterocycles. The van der Waals surface area contributed by atoms with Crippen molar-refractivity contribution in [1.29, 1.82) is 0 Å². The third kappa shape index (κ3) is 2.89. The second-order valence-electron chi connectivity index (χ2n) is 6.74. The first kappa shape index (κ1) is 15.8. The van der Waals surface area contributed by atoms with Crippen LogP contribution in [0.5, 0.6) is 0 Å². The zero-order valence-electron chi connectivity index (χ0n) is 12.9. The monoisotopic (exact) mass is 321 g/mol. The molecule has 0 radical (unpaired) electrons. The van der Waals surface area contributed by atoms with Crippen molar-refractivity contribution >= 4 is 17.5 Å². The minimum Gasteiger partial charge on any atom is -0.396 e. The molecule has 1 saturated carbocycles. The van der Waals surface area contributed by atoms with Crippen LogP contribution >= 0.6 is 11.6 Å². The third-order valence-electron chi connectivity index (χ3n) is 5.34. The second-order valence-corrected chi connectivity index (χ2v) is 7.17. The number of hydrogen-bond acceptors (Lipinski definition) is 2. The lowest BCUT2D eigenvalue weighted by atomic mass is 9.68. The summed E-state index contributed by atoms with van der Waals surface area (Å²) in [6.07, 6.45) is 6.18. The zero-order chi connectivity index (χ0) is 15.6. The van der Waals surface area contributed by atoms with E-state index in [-0.39, 0.29) is 23.8 Å². The van der Waals surface area contributed by atoms with E-state index in [4.69, 9.17) is 11.6 Å². The predicted molar refractivity (Wildman–Crippen MR) is 88.0 cm³/mol. The molecular formula is C18H24ClNO2. The van der Waals surface area contributed by atoms with Crippen LogP contribution in [0.1, 0.15) is 44.1 Å². The molecule has 3 rings (SSSR count). The first-order chi connectivity index (χ1) is 10.7. The summed E-state index contributed by atoms with van der Waals surface area (Å²) in [7, 11) is 0. The normalized spacial score (nSPS) is 24.5. The third-order valence-corrected chi connectivity index (χ3v) is 5.60. The molecule has 1 unspecified atom stereocenters. The van der Waals surface area contributed by atoms with Gasteiger partial charge >= 0.3 is 0 Å². The van der Waals surface area contributed by atoms with Gasteiger partial charge in [-0.15, -0.1) is 0 Å². The average molecular weight is 322 g/mol. The molecule has 1 aromatic carbocycles. The fraction of sp³-hybridized carbons (Fsp3) is 0.611. The molecule has 0 spiro atoms. The number of halogens is 1. The molecule has 1 aromatic rings. The van der Waals surface area contributed by atoms with Crippen LogP contribution in [-0.4, -0.2) is 35.6 Å². The van der Waals surface area contributed by atoms with Gasteiger partial charge in [0, 0.05) is 30.6 Å². The van der Waals surface area contributed by atoms with E-state index in [9.17, 15) is 9.90 Å². The largest absolute Gasteiger partial charge is 0.396 e. The fourth-order valence-electron chi connectivity index (χ4n) is 4.02. The maximum absolute atomic E-state index is 13.3. The Labute approximate surface area is 137 Å². The van der Waals surface area contributed by atoms with Crippen molar-refractivity contribution in [3.05, 3.63) is 34.9 Å². The van der Waals surface area contributed by atoms with Gasteiger partial charge in [-0.25, -0.2) is 0 Å². The maximum Gasteiger partial charge on any atom is 0.233 e. The van der Waals surface area contributed by atoms with Gasteiger partial charge in [0.2, 0.25) is 5.91 Å². The van der Waals surface area contributed by atoms with Crippen LogP contribution in [-0.2, 0) is 10.2 Å². The number of carbonyl (C=O) groups excluding carboxylic acids is 1. The van der Waals surface area contributed by atoms with Crippen LogP contribution in [0, 0.1) is 5.92 Å². The number of nitrogens with zero attached hydrogens (tertiary/aromatic N) is 1. The van der Waals surface area contributed by atoms with E-state index < -0.39 is 0 Å². The highest BCUT2D eigenvalue weighted by Gasteiger charge is 2.44. The Morgan fingerprint density at radius 2 is 1.91 bits per heavy atom. The Morgan fingerprint density at radius 3 is 2.50 bits per heavy atom. The van der Waals surface area contributed by atoms with Gasteiger partial charge in [-0.1, -0.05) is 43.0 Å².